The molecule has 1 aromatic heterocycles. The topological polar surface area (TPSA) is 72.9 Å². The molecule has 1 fully saturated rings. The summed E-state index contributed by atoms with van der Waals surface area (Å²) in [5.41, 5.74) is 6.09. The molecule has 0 unspecified atom stereocenters. The van der Waals surface area contributed by atoms with E-state index in [1.807, 2.05) is 13.8 Å². The van der Waals surface area contributed by atoms with E-state index < -0.39 is 0 Å². The molecule has 1 aliphatic rings. The van der Waals surface area contributed by atoms with Crippen molar-refractivity contribution in [1.29, 1.82) is 0 Å². The fourth-order valence-electron chi connectivity index (χ4n) is 2.04. The third-order valence-corrected chi connectivity index (χ3v) is 3.42. The highest BCUT2D eigenvalue weighted by Crippen LogP contribution is 2.25. The first kappa shape index (κ1) is 13.4. The Morgan fingerprint density at radius 1 is 1.61 bits per heavy atom. The summed E-state index contributed by atoms with van der Waals surface area (Å²) in [6.45, 7) is 4.64. The molecule has 0 spiro atoms. The maximum Gasteiger partial charge on any atom is 0.287 e. The summed E-state index contributed by atoms with van der Waals surface area (Å²) in [6, 6.07) is 0.565. The predicted octanol–water partition coefficient (Wildman–Crippen LogP) is 1.45. The summed E-state index contributed by atoms with van der Waals surface area (Å²) in [5.74, 6) is 0.356. The van der Waals surface area contributed by atoms with Gasteiger partial charge in [0.25, 0.3) is 5.56 Å². The molecule has 5 nitrogen and oxygen atoms in total. The Hall–Kier alpha value is -1.07. The lowest BCUT2D eigenvalue weighted by Gasteiger charge is -2.33. The van der Waals surface area contributed by atoms with Gasteiger partial charge in [-0.15, -0.1) is 0 Å². The van der Waals surface area contributed by atoms with Crippen molar-refractivity contribution in [2.75, 3.05) is 5.32 Å². The Morgan fingerprint density at radius 3 is 2.83 bits per heavy atom. The van der Waals surface area contributed by atoms with Gasteiger partial charge in [-0.1, -0.05) is 25.4 Å². The van der Waals surface area contributed by atoms with Crippen LogP contribution < -0.4 is 16.6 Å². The summed E-state index contributed by atoms with van der Waals surface area (Å²) in [6.07, 6.45) is 3.44. The molecule has 0 aliphatic heterocycles. The molecular weight excluding hydrogens is 252 g/mol. The van der Waals surface area contributed by atoms with Crippen LogP contribution in [0.3, 0.4) is 0 Å². The number of aromatic nitrogens is 2. The van der Waals surface area contributed by atoms with Crippen molar-refractivity contribution in [2.45, 2.75) is 45.3 Å². The van der Waals surface area contributed by atoms with E-state index >= 15 is 0 Å². The zero-order valence-electron chi connectivity index (χ0n) is 10.7. The van der Waals surface area contributed by atoms with Crippen molar-refractivity contribution in [3.8, 4) is 0 Å². The van der Waals surface area contributed by atoms with Gasteiger partial charge in [0, 0.05) is 18.6 Å². The van der Waals surface area contributed by atoms with Gasteiger partial charge in [-0.25, -0.2) is 4.68 Å². The lowest BCUT2D eigenvalue weighted by atomic mass is 9.87. The Kier molecular flexibility index (Phi) is 3.92. The number of nitrogens with two attached hydrogens (primary N) is 1. The van der Waals surface area contributed by atoms with E-state index in [1.54, 1.807) is 6.20 Å². The van der Waals surface area contributed by atoms with E-state index in [1.165, 1.54) is 4.68 Å². The van der Waals surface area contributed by atoms with Gasteiger partial charge in [0.05, 0.1) is 11.9 Å². The van der Waals surface area contributed by atoms with Crippen molar-refractivity contribution in [3.05, 3.63) is 21.6 Å². The molecule has 1 aliphatic carbocycles. The van der Waals surface area contributed by atoms with Crippen molar-refractivity contribution >= 4 is 17.3 Å². The lowest BCUT2D eigenvalue weighted by Crippen LogP contribution is -2.44. The van der Waals surface area contributed by atoms with E-state index in [2.05, 4.69) is 10.4 Å². The van der Waals surface area contributed by atoms with Gasteiger partial charge in [0.15, 0.2) is 0 Å². The minimum absolute atomic E-state index is 0.214. The van der Waals surface area contributed by atoms with Crippen LogP contribution in [0.5, 0.6) is 0 Å². The minimum atomic E-state index is -0.237. The van der Waals surface area contributed by atoms with E-state index in [4.69, 9.17) is 17.3 Å². The molecule has 1 heterocycles. The summed E-state index contributed by atoms with van der Waals surface area (Å²) < 4.78 is 1.41. The van der Waals surface area contributed by atoms with Crippen LogP contribution in [0, 0.1) is 5.92 Å². The molecule has 0 atom stereocenters. The third kappa shape index (κ3) is 2.84. The molecule has 2 rings (SSSR count). The molecule has 6 heteroatoms. The quantitative estimate of drug-likeness (QED) is 0.869. The van der Waals surface area contributed by atoms with Crippen LogP contribution in [0.2, 0.25) is 5.02 Å². The van der Waals surface area contributed by atoms with Gasteiger partial charge in [0.1, 0.15) is 5.02 Å². The molecule has 0 saturated heterocycles. The van der Waals surface area contributed by atoms with Crippen LogP contribution in [0.4, 0.5) is 5.69 Å². The Balaban J connectivity index is 2.13. The SMILES string of the molecule is CC(C)Cn1ncc(NC2CC(N)C2)c(Cl)c1=O. The fraction of sp³-hybridized carbons (Fsp3) is 0.667. The highest BCUT2D eigenvalue weighted by Gasteiger charge is 2.26. The standard InChI is InChI=1S/C12H19ClN4O/c1-7(2)6-17-12(18)11(13)10(5-15-17)16-9-3-8(14)4-9/h5,7-9,16H,3-4,6,14H2,1-2H3. The molecule has 0 aromatic carbocycles. The van der Waals surface area contributed by atoms with Crippen LogP contribution in [-0.2, 0) is 6.54 Å². The second kappa shape index (κ2) is 5.28. The van der Waals surface area contributed by atoms with Crippen LogP contribution in [0.15, 0.2) is 11.0 Å². The van der Waals surface area contributed by atoms with E-state index in [0.29, 0.717) is 24.2 Å². The van der Waals surface area contributed by atoms with Crippen LogP contribution in [0.1, 0.15) is 26.7 Å². The van der Waals surface area contributed by atoms with Crippen molar-refractivity contribution in [2.24, 2.45) is 11.7 Å². The van der Waals surface area contributed by atoms with E-state index in [0.717, 1.165) is 12.8 Å². The first-order valence-electron chi connectivity index (χ1n) is 6.25. The minimum Gasteiger partial charge on any atom is -0.380 e. The molecule has 1 saturated carbocycles. The third-order valence-electron chi connectivity index (χ3n) is 3.06. The average Bonchev–Trinajstić information content (AvgIpc) is 2.26. The fourth-order valence-corrected chi connectivity index (χ4v) is 2.24. The van der Waals surface area contributed by atoms with Crippen LogP contribution >= 0.6 is 11.6 Å². The second-order valence-electron chi connectivity index (χ2n) is 5.33. The molecule has 18 heavy (non-hydrogen) atoms. The number of hydrogen-bond acceptors (Lipinski definition) is 4. The van der Waals surface area contributed by atoms with E-state index in [-0.39, 0.29) is 16.6 Å². The van der Waals surface area contributed by atoms with Gasteiger partial charge in [-0.2, -0.15) is 5.10 Å². The highest BCUT2D eigenvalue weighted by molar-refractivity contribution is 6.32. The Labute approximate surface area is 111 Å². The molecule has 0 radical (unpaired) electrons. The van der Waals surface area contributed by atoms with Gasteiger partial charge in [-0.05, 0) is 18.8 Å². The molecular formula is C12H19ClN4O. The maximum atomic E-state index is 12.0. The summed E-state index contributed by atoms with van der Waals surface area (Å²) >= 11 is 6.08. The van der Waals surface area contributed by atoms with Gasteiger partial charge >= 0.3 is 0 Å². The normalized spacial score (nSPS) is 22.9. The largest absolute Gasteiger partial charge is 0.380 e. The number of anilines is 1. The second-order valence-corrected chi connectivity index (χ2v) is 5.70. The van der Waals surface area contributed by atoms with Crippen LogP contribution in [0.25, 0.3) is 0 Å². The zero-order valence-corrected chi connectivity index (χ0v) is 11.4. The molecule has 0 bridgehead atoms. The number of nitrogens with one attached hydrogen (secondary N) is 1. The molecule has 100 valence electrons. The Bertz CT molecular complexity index is 479. The predicted molar refractivity (Wildman–Crippen MR) is 73.0 cm³/mol. The lowest BCUT2D eigenvalue weighted by molar-refractivity contribution is 0.373. The summed E-state index contributed by atoms with van der Waals surface area (Å²) in [7, 11) is 0. The van der Waals surface area contributed by atoms with Crippen molar-refractivity contribution in [1.82, 2.24) is 9.78 Å². The zero-order chi connectivity index (χ0) is 13.3. The van der Waals surface area contributed by atoms with Gasteiger partial charge < -0.3 is 11.1 Å². The maximum absolute atomic E-state index is 12.0. The number of hydrogen-bond donors (Lipinski definition) is 2. The number of nitrogens with zero attached hydrogens (tertiary/aromatic N) is 2. The first-order valence-corrected chi connectivity index (χ1v) is 6.63. The smallest absolute Gasteiger partial charge is 0.287 e. The van der Waals surface area contributed by atoms with E-state index in [9.17, 15) is 4.79 Å². The Morgan fingerprint density at radius 2 is 2.28 bits per heavy atom. The first-order chi connectivity index (χ1) is 8.47. The number of rotatable bonds is 4. The summed E-state index contributed by atoms with van der Waals surface area (Å²) in [5, 5.41) is 7.56. The van der Waals surface area contributed by atoms with Crippen molar-refractivity contribution < 1.29 is 0 Å². The van der Waals surface area contributed by atoms with Gasteiger partial charge in [-0.3, -0.25) is 4.79 Å². The summed E-state index contributed by atoms with van der Waals surface area (Å²) in [4.78, 5) is 12.0. The molecule has 1 aromatic rings. The average molecular weight is 271 g/mol. The highest BCUT2D eigenvalue weighted by atomic mass is 35.5. The molecule has 3 N–H and O–H groups in total. The van der Waals surface area contributed by atoms with Gasteiger partial charge in [0.2, 0.25) is 0 Å². The monoisotopic (exact) mass is 270 g/mol. The molecule has 0 amide bonds. The van der Waals surface area contributed by atoms with Crippen molar-refractivity contribution in [3.63, 3.8) is 0 Å². The number of halogens is 1. The van der Waals surface area contributed by atoms with Crippen LogP contribution in [-0.4, -0.2) is 21.9 Å².